The normalized spacial score (nSPS) is 15.9. The smallest absolute Gasteiger partial charge is 0.409 e. The molecule has 1 fully saturated rings. The number of rotatable bonds is 9. The van der Waals surface area contributed by atoms with Crippen LogP contribution in [0.5, 0.6) is 0 Å². The van der Waals surface area contributed by atoms with Gasteiger partial charge in [-0.15, -0.1) is 24.0 Å². The molecular weight excluding hydrogens is 497 g/mol. The molecule has 1 aliphatic heterocycles. The molecule has 28 heavy (non-hydrogen) atoms. The van der Waals surface area contributed by atoms with E-state index in [2.05, 4.69) is 15.6 Å². The maximum absolute atomic E-state index is 11.8. The number of carbonyl (C=O) groups excluding carboxylic acids is 1. The molecule has 0 aromatic heterocycles. The fourth-order valence-electron chi connectivity index (χ4n) is 2.93. The maximum atomic E-state index is 11.8. The minimum Gasteiger partial charge on any atom is -0.450 e. The molecule has 0 saturated carbocycles. The Labute approximate surface area is 186 Å². The first-order valence-electron chi connectivity index (χ1n) is 9.73. The lowest BCUT2D eigenvalue weighted by Gasteiger charge is -2.32. The van der Waals surface area contributed by atoms with Crippen molar-refractivity contribution in [1.82, 2.24) is 19.8 Å². The van der Waals surface area contributed by atoms with Crippen molar-refractivity contribution in [2.24, 2.45) is 4.99 Å². The van der Waals surface area contributed by atoms with E-state index in [0.717, 1.165) is 25.3 Å². The van der Waals surface area contributed by atoms with Gasteiger partial charge in [-0.2, -0.15) is 0 Å². The van der Waals surface area contributed by atoms with E-state index in [1.807, 2.05) is 13.8 Å². The van der Waals surface area contributed by atoms with Gasteiger partial charge in [-0.3, -0.25) is 4.99 Å². The Morgan fingerprint density at radius 1 is 1.25 bits per heavy atom. The van der Waals surface area contributed by atoms with Gasteiger partial charge in [0.1, 0.15) is 0 Å². The summed E-state index contributed by atoms with van der Waals surface area (Å²) in [6, 6.07) is 0.247. The van der Waals surface area contributed by atoms with E-state index < -0.39 is 10.0 Å². The topological polar surface area (TPSA) is 103 Å². The van der Waals surface area contributed by atoms with Gasteiger partial charge in [0.2, 0.25) is 10.0 Å². The summed E-state index contributed by atoms with van der Waals surface area (Å²) in [5, 5.41) is 6.63. The average Bonchev–Trinajstić information content (AvgIpc) is 2.61. The Balaban J connectivity index is 0.00000729. The van der Waals surface area contributed by atoms with Crippen LogP contribution in [0.3, 0.4) is 0 Å². The number of carbonyl (C=O) groups is 1. The Hall–Kier alpha value is -0.820. The fraction of sp³-hybridized carbons (Fsp3) is 0.882. The molecule has 0 aromatic rings. The highest BCUT2D eigenvalue weighted by Gasteiger charge is 2.24. The van der Waals surface area contributed by atoms with Crippen LogP contribution in [0.4, 0.5) is 4.79 Å². The zero-order chi connectivity index (χ0) is 20.3. The molecule has 0 radical (unpaired) electrons. The first-order chi connectivity index (χ1) is 12.8. The third kappa shape index (κ3) is 10.1. The lowest BCUT2D eigenvalue weighted by Crippen LogP contribution is -2.50. The van der Waals surface area contributed by atoms with Crippen LogP contribution < -0.4 is 10.6 Å². The van der Waals surface area contributed by atoms with Crippen LogP contribution >= 0.6 is 24.0 Å². The molecule has 1 rings (SSSR count). The standard InChI is InChI=1S/C17H35N5O4S.HI/c1-5-18-16(19-11-8-12-22(6-2)27(4,24)25)20-15-9-13-21(14-10-15)17(23)26-7-3;/h15H,5-14H2,1-4H3,(H2,18,19,20);1H. The lowest BCUT2D eigenvalue weighted by atomic mass is 10.1. The van der Waals surface area contributed by atoms with Gasteiger partial charge in [-0.05, 0) is 33.1 Å². The number of amides is 1. The molecular formula is C17H36IN5O4S. The van der Waals surface area contributed by atoms with Crippen molar-refractivity contribution < 1.29 is 17.9 Å². The Morgan fingerprint density at radius 3 is 2.39 bits per heavy atom. The summed E-state index contributed by atoms with van der Waals surface area (Å²) in [7, 11) is -3.15. The van der Waals surface area contributed by atoms with Gasteiger partial charge < -0.3 is 20.3 Å². The largest absolute Gasteiger partial charge is 0.450 e. The predicted octanol–water partition coefficient (Wildman–Crippen LogP) is 1.45. The molecule has 166 valence electrons. The van der Waals surface area contributed by atoms with E-state index >= 15 is 0 Å². The number of piperidine rings is 1. The first kappa shape index (κ1) is 27.2. The summed E-state index contributed by atoms with van der Waals surface area (Å²) >= 11 is 0. The average molecular weight is 533 g/mol. The van der Waals surface area contributed by atoms with E-state index in [0.29, 0.717) is 45.8 Å². The second kappa shape index (κ2) is 14.2. The molecule has 0 bridgehead atoms. The highest BCUT2D eigenvalue weighted by molar-refractivity contribution is 14.0. The van der Waals surface area contributed by atoms with Gasteiger partial charge in [0, 0.05) is 45.3 Å². The van der Waals surface area contributed by atoms with Crippen LogP contribution in [-0.4, -0.2) is 87.8 Å². The molecule has 1 heterocycles. The summed E-state index contributed by atoms with van der Waals surface area (Å²) in [6.45, 7) is 9.59. The van der Waals surface area contributed by atoms with E-state index in [4.69, 9.17) is 4.74 Å². The molecule has 2 N–H and O–H groups in total. The van der Waals surface area contributed by atoms with Crippen LogP contribution in [0.1, 0.15) is 40.0 Å². The Kier molecular flexibility index (Phi) is 13.8. The summed E-state index contributed by atoms with van der Waals surface area (Å²) in [4.78, 5) is 18.0. The number of sulfonamides is 1. The summed E-state index contributed by atoms with van der Waals surface area (Å²) in [6.07, 6.45) is 3.32. The molecule has 0 atom stereocenters. The van der Waals surface area contributed by atoms with Gasteiger partial charge >= 0.3 is 6.09 Å². The minimum absolute atomic E-state index is 0. The fourth-order valence-corrected chi connectivity index (χ4v) is 3.86. The van der Waals surface area contributed by atoms with E-state index in [1.165, 1.54) is 10.6 Å². The Bertz CT molecular complexity index is 580. The Morgan fingerprint density at radius 2 is 1.89 bits per heavy atom. The van der Waals surface area contributed by atoms with Gasteiger partial charge in [0.15, 0.2) is 5.96 Å². The highest BCUT2D eigenvalue weighted by atomic mass is 127. The second-order valence-electron chi connectivity index (χ2n) is 6.47. The molecule has 11 heteroatoms. The monoisotopic (exact) mass is 533 g/mol. The molecule has 9 nitrogen and oxygen atoms in total. The molecule has 0 unspecified atom stereocenters. The number of nitrogens with one attached hydrogen (secondary N) is 2. The number of ether oxygens (including phenoxy) is 1. The van der Waals surface area contributed by atoms with Crippen LogP contribution in [0.25, 0.3) is 0 Å². The van der Waals surface area contributed by atoms with Gasteiger partial charge in [0.25, 0.3) is 0 Å². The van der Waals surface area contributed by atoms with Crippen LogP contribution in [0, 0.1) is 0 Å². The minimum atomic E-state index is -3.15. The molecule has 1 amide bonds. The molecule has 1 aliphatic rings. The van der Waals surface area contributed by atoms with Gasteiger partial charge in [0.05, 0.1) is 12.9 Å². The van der Waals surface area contributed by atoms with Crippen molar-refractivity contribution in [3.05, 3.63) is 0 Å². The third-order valence-electron chi connectivity index (χ3n) is 4.36. The van der Waals surface area contributed by atoms with Crippen LogP contribution in [-0.2, 0) is 14.8 Å². The van der Waals surface area contributed by atoms with Crippen molar-refractivity contribution in [3.63, 3.8) is 0 Å². The zero-order valence-electron chi connectivity index (χ0n) is 17.4. The van der Waals surface area contributed by atoms with E-state index in [-0.39, 0.29) is 36.1 Å². The number of hydrogen-bond acceptors (Lipinski definition) is 5. The van der Waals surface area contributed by atoms with E-state index in [9.17, 15) is 13.2 Å². The number of halogens is 1. The molecule has 0 aliphatic carbocycles. The van der Waals surface area contributed by atoms with Crippen LogP contribution in [0.2, 0.25) is 0 Å². The number of hydrogen-bond donors (Lipinski definition) is 2. The lowest BCUT2D eigenvalue weighted by molar-refractivity contribution is 0.0963. The number of guanidine groups is 1. The molecule has 0 aromatic carbocycles. The third-order valence-corrected chi connectivity index (χ3v) is 5.74. The SMILES string of the molecule is CCNC(=NCCCN(CC)S(C)(=O)=O)NC1CCN(C(=O)OCC)CC1.I. The second-order valence-corrected chi connectivity index (χ2v) is 8.46. The summed E-state index contributed by atoms with van der Waals surface area (Å²) in [5.41, 5.74) is 0. The van der Waals surface area contributed by atoms with Crippen molar-refractivity contribution in [3.8, 4) is 0 Å². The van der Waals surface area contributed by atoms with Crippen molar-refractivity contribution >= 4 is 46.1 Å². The zero-order valence-corrected chi connectivity index (χ0v) is 20.6. The van der Waals surface area contributed by atoms with Crippen molar-refractivity contribution in [2.45, 2.75) is 46.1 Å². The quantitative estimate of drug-likeness (QED) is 0.201. The molecule has 0 spiro atoms. The summed E-state index contributed by atoms with van der Waals surface area (Å²) in [5.74, 6) is 0.731. The van der Waals surface area contributed by atoms with Crippen molar-refractivity contribution in [2.75, 3.05) is 52.1 Å². The van der Waals surface area contributed by atoms with Crippen LogP contribution in [0.15, 0.2) is 4.99 Å². The predicted molar refractivity (Wildman–Crippen MR) is 123 cm³/mol. The van der Waals surface area contributed by atoms with E-state index in [1.54, 1.807) is 11.8 Å². The number of aliphatic imine (C=N–C) groups is 1. The van der Waals surface area contributed by atoms with Gasteiger partial charge in [-0.1, -0.05) is 6.92 Å². The molecule has 1 saturated heterocycles. The first-order valence-corrected chi connectivity index (χ1v) is 11.6. The number of likely N-dealkylation sites (tertiary alicyclic amines) is 1. The maximum Gasteiger partial charge on any atom is 0.409 e. The highest BCUT2D eigenvalue weighted by Crippen LogP contribution is 2.11. The number of nitrogens with zero attached hydrogens (tertiary/aromatic N) is 3. The van der Waals surface area contributed by atoms with Crippen molar-refractivity contribution in [1.29, 1.82) is 0 Å². The summed E-state index contributed by atoms with van der Waals surface area (Å²) < 4.78 is 29.7. The van der Waals surface area contributed by atoms with Gasteiger partial charge in [-0.25, -0.2) is 17.5 Å².